The number of ether oxygens (including phenoxy) is 2. The number of benzene rings is 2. The summed E-state index contributed by atoms with van der Waals surface area (Å²) in [6, 6.07) is 15.3. The van der Waals surface area contributed by atoms with Crippen LogP contribution in [0.3, 0.4) is 0 Å². The highest BCUT2D eigenvalue weighted by Gasteiger charge is 2.23. The van der Waals surface area contributed by atoms with E-state index in [4.69, 9.17) is 14.5 Å². The molecular weight excluding hydrogens is 430 g/mol. The molecule has 1 aliphatic heterocycles. The Balaban J connectivity index is 1.26. The highest BCUT2D eigenvalue weighted by atomic mass is 16.5. The summed E-state index contributed by atoms with van der Waals surface area (Å²) in [5, 5.41) is 3.60. The summed E-state index contributed by atoms with van der Waals surface area (Å²) in [7, 11) is 0. The number of morpholine rings is 1. The van der Waals surface area contributed by atoms with E-state index in [0.717, 1.165) is 86.3 Å². The maximum atomic E-state index is 13.2. The third-order valence-corrected chi connectivity index (χ3v) is 6.49. The normalized spacial score (nSPS) is 15.9. The van der Waals surface area contributed by atoms with E-state index in [-0.39, 0.29) is 12.5 Å². The molecule has 7 heteroatoms. The molecule has 3 aromatic rings. The largest absolute Gasteiger partial charge is 0.452 e. The molecule has 2 heterocycles. The molecular formula is C27H29N3O4. The lowest BCUT2D eigenvalue weighted by Gasteiger charge is -2.28. The molecule has 1 aliphatic carbocycles. The first kappa shape index (κ1) is 22.3. The lowest BCUT2D eigenvalue weighted by atomic mass is 9.97. The Morgan fingerprint density at radius 3 is 2.56 bits per heavy atom. The number of anilines is 2. The summed E-state index contributed by atoms with van der Waals surface area (Å²) in [6.07, 6.45) is 4.88. The van der Waals surface area contributed by atoms with Crippen molar-refractivity contribution in [1.82, 2.24) is 4.98 Å². The fourth-order valence-corrected chi connectivity index (χ4v) is 4.76. The van der Waals surface area contributed by atoms with E-state index >= 15 is 0 Å². The van der Waals surface area contributed by atoms with Crippen LogP contribution in [0.4, 0.5) is 11.4 Å². The molecule has 0 bridgehead atoms. The molecule has 2 aliphatic rings. The first-order valence-corrected chi connectivity index (χ1v) is 12.0. The van der Waals surface area contributed by atoms with Gasteiger partial charge < -0.3 is 19.7 Å². The molecule has 1 fully saturated rings. The van der Waals surface area contributed by atoms with Crippen molar-refractivity contribution >= 4 is 34.2 Å². The molecule has 0 atom stereocenters. The number of carbonyl (C=O) groups excluding carboxylic acids is 2. The van der Waals surface area contributed by atoms with E-state index in [9.17, 15) is 9.59 Å². The Hall–Kier alpha value is -3.45. The quantitative estimate of drug-likeness (QED) is 0.456. The highest BCUT2D eigenvalue weighted by Crippen LogP contribution is 2.29. The van der Waals surface area contributed by atoms with Crippen molar-refractivity contribution in [2.75, 3.05) is 43.1 Å². The number of para-hydroxylation sites is 1. The number of fused-ring (bicyclic) bond motifs is 2. The van der Waals surface area contributed by atoms with Gasteiger partial charge in [0, 0.05) is 35.5 Å². The summed E-state index contributed by atoms with van der Waals surface area (Å²) >= 11 is 0. The molecule has 1 amide bonds. The van der Waals surface area contributed by atoms with Crippen molar-refractivity contribution in [3.8, 4) is 0 Å². The van der Waals surface area contributed by atoms with Gasteiger partial charge in [-0.25, -0.2) is 4.79 Å². The lowest BCUT2D eigenvalue weighted by molar-refractivity contribution is -0.119. The minimum Gasteiger partial charge on any atom is -0.452 e. The molecule has 0 radical (unpaired) electrons. The van der Waals surface area contributed by atoms with Crippen LogP contribution in [0.5, 0.6) is 0 Å². The topological polar surface area (TPSA) is 80.8 Å². The number of hydrogen-bond acceptors (Lipinski definition) is 6. The number of amides is 1. The van der Waals surface area contributed by atoms with Crippen LogP contribution in [0.15, 0.2) is 48.5 Å². The molecule has 7 nitrogen and oxygen atoms in total. The Kier molecular flexibility index (Phi) is 6.72. The standard InChI is InChI=1S/C27H29N3O4/c31-25(28-19-10-12-20(13-11-19)30-14-16-33-17-15-30)18-34-27(32)26-21-6-2-1-3-8-23(21)29-24-9-5-4-7-22(24)26/h4-5,7,9-13H,1-3,6,8,14-18H2,(H,28,31). The number of pyridine rings is 1. The van der Waals surface area contributed by atoms with Gasteiger partial charge in [0.1, 0.15) is 0 Å². The average Bonchev–Trinajstić information content (AvgIpc) is 3.12. The van der Waals surface area contributed by atoms with Gasteiger partial charge in [0.05, 0.1) is 24.3 Å². The van der Waals surface area contributed by atoms with E-state index in [1.165, 1.54) is 0 Å². The third-order valence-electron chi connectivity index (χ3n) is 6.49. The summed E-state index contributed by atoms with van der Waals surface area (Å²) < 4.78 is 10.9. The minimum atomic E-state index is -0.463. The number of nitrogens with one attached hydrogen (secondary N) is 1. The predicted molar refractivity (Wildman–Crippen MR) is 131 cm³/mol. The van der Waals surface area contributed by atoms with Gasteiger partial charge in [-0.3, -0.25) is 9.78 Å². The van der Waals surface area contributed by atoms with Crippen LogP contribution in [0, 0.1) is 0 Å². The number of aryl methyl sites for hydroxylation is 1. The minimum absolute atomic E-state index is 0.338. The van der Waals surface area contributed by atoms with Crippen molar-refractivity contribution < 1.29 is 19.1 Å². The zero-order valence-corrected chi connectivity index (χ0v) is 19.2. The number of aromatic nitrogens is 1. The van der Waals surface area contributed by atoms with E-state index in [2.05, 4.69) is 10.2 Å². The lowest BCUT2D eigenvalue weighted by Crippen LogP contribution is -2.36. The Morgan fingerprint density at radius 2 is 1.74 bits per heavy atom. The molecule has 1 saturated heterocycles. The van der Waals surface area contributed by atoms with Crippen molar-refractivity contribution in [3.63, 3.8) is 0 Å². The molecule has 0 saturated carbocycles. The number of esters is 1. The molecule has 34 heavy (non-hydrogen) atoms. The van der Waals surface area contributed by atoms with Gasteiger partial charge in [0.15, 0.2) is 6.61 Å². The van der Waals surface area contributed by atoms with E-state index in [1.807, 2.05) is 48.5 Å². The number of nitrogens with zero attached hydrogens (tertiary/aromatic N) is 2. The third kappa shape index (κ3) is 4.89. The predicted octanol–water partition coefficient (Wildman–Crippen LogP) is 4.14. The highest BCUT2D eigenvalue weighted by molar-refractivity contribution is 6.06. The van der Waals surface area contributed by atoms with E-state index in [1.54, 1.807) is 0 Å². The van der Waals surface area contributed by atoms with Gasteiger partial charge in [-0.1, -0.05) is 24.6 Å². The molecule has 0 spiro atoms. The van der Waals surface area contributed by atoms with Crippen molar-refractivity contribution in [2.24, 2.45) is 0 Å². The van der Waals surface area contributed by atoms with Crippen LogP contribution in [0.2, 0.25) is 0 Å². The first-order valence-electron chi connectivity index (χ1n) is 12.0. The van der Waals surface area contributed by atoms with Crippen LogP contribution in [-0.4, -0.2) is 49.8 Å². The van der Waals surface area contributed by atoms with Gasteiger partial charge in [-0.15, -0.1) is 0 Å². The molecule has 2 aromatic carbocycles. The van der Waals surface area contributed by atoms with Crippen molar-refractivity contribution in [1.29, 1.82) is 0 Å². The fourth-order valence-electron chi connectivity index (χ4n) is 4.76. The van der Waals surface area contributed by atoms with Crippen molar-refractivity contribution in [3.05, 3.63) is 65.4 Å². The Labute approximate surface area is 199 Å². The summed E-state index contributed by atoms with van der Waals surface area (Å²) in [5.74, 6) is -0.827. The van der Waals surface area contributed by atoms with E-state index < -0.39 is 5.97 Å². The van der Waals surface area contributed by atoms with Gasteiger partial charge in [0.25, 0.3) is 5.91 Å². The second-order valence-electron chi connectivity index (χ2n) is 8.76. The van der Waals surface area contributed by atoms with Gasteiger partial charge in [-0.2, -0.15) is 0 Å². The second-order valence-corrected chi connectivity index (χ2v) is 8.76. The molecule has 5 rings (SSSR count). The number of carbonyl (C=O) groups is 2. The SMILES string of the molecule is O=C(COC(=O)c1c2c(nc3ccccc13)CCCCC2)Nc1ccc(N2CCOCC2)cc1. The maximum Gasteiger partial charge on any atom is 0.339 e. The smallest absolute Gasteiger partial charge is 0.339 e. The number of hydrogen-bond donors (Lipinski definition) is 1. The Morgan fingerprint density at radius 1 is 0.971 bits per heavy atom. The van der Waals surface area contributed by atoms with Crippen LogP contribution >= 0.6 is 0 Å². The van der Waals surface area contributed by atoms with Crippen LogP contribution in [0.1, 0.15) is 40.9 Å². The summed E-state index contributed by atoms with van der Waals surface area (Å²) in [4.78, 5) is 32.8. The molecule has 0 unspecified atom stereocenters. The van der Waals surface area contributed by atoms with Gasteiger partial charge in [0.2, 0.25) is 0 Å². The maximum absolute atomic E-state index is 13.2. The molecule has 176 valence electrons. The zero-order valence-electron chi connectivity index (χ0n) is 19.2. The summed E-state index contributed by atoms with van der Waals surface area (Å²) in [6.45, 7) is 2.82. The summed E-state index contributed by atoms with van der Waals surface area (Å²) in [5.41, 5.74) is 5.07. The van der Waals surface area contributed by atoms with Crippen molar-refractivity contribution in [2.45, 2.75) is 32.1 Å². The molecule has 1 N–H and O–H groups in total. The van der Waals surface area contributed by atoms with Crippen LogP contribution in [-0.2, 0) is 27.1 Å². The van der Waals surface area contributed by atoms with Gasteiger partial charge >= 0.3 is 5.97 Å². The number of rotatable bonds is 5. The van der Waals surface area contributed by atoms with Gasteiger partial charge in [-0.05, 0) is 61.6 Å². The zero-order chi connectivity index (χ0) is 23.3. The fraction of sp³-hybridized carbons (Fsp3) is 0.370. The first-order chi connectivity index (χ1) is 16.7. The average molecular weight is 460 g/mol. The molecule has 1 aromatic heterocycles. The van der Waals surface area contributed by atoms with Crippen LogP contribution in [0.25, 0.3) is 10.9 Å². The Bertz CT molecular complexity index is 1190. The monoisotopic (exact) mass is 459 g/mol. The second kappa shape index (κ2) is 10.2. The van der Waals surface area contributed by atoms with Crippen LogP contribution < -0.4 is 10.2 Å². The van der Waals surface area contributed by atoms with E-state index in [0.29, 0.717) is 11.3 Å².